The predicted octanol–water partition coefficient (Wildman–Crippen LogP) is 7.41. The molecular formula is C24H48NO4P. The molecule has 0 aromatic heterocycles. The summed E-state index contributed by atoms with van der Waals surface area (Å²) in [6.07, 6.45) is 21.7. The van der Waals surface area contributed by atoms with Crippen molar-refractivity contribution in [1.29, 1.82) is 0 Å². The van der Waals surface area contributed by atoms with E-state index in [1.54, 1.807) is 13.8 Å². The highest BCUT2D eigenvalue weighted by Crippen LogP contribution is 2.47. The van der Waals surface area contributed by atoms with Gasteiger partial charge in [-0.15, -0.1) is 0 Å². The molecule has 0 unspecified atom stereocenters. The van der Waals surface area contributed by atoms with E-state index >= 15 is 0 Å². The molecule has 0 aliphatic rings. The lowest BCUT2D eigenvalue weighted by Gasteiger charge is -2.17. The first-order valence-electron chi connectivity index (χ1n) is 12.4. The van der Waals surface area contributed by atoms with Crippen LogP contribution >= 0.6 is 7.60 Å². The van der Waals surface area contributed by atoms with Crippen LogP contribution in [0.15, 0.2) is 12.2 Å². The molecule has 0 bridgehead atoms. The summed E-state index contributed by atoms with van der Waals surface area (Å²) in [5, 5.41) is 2.82. The second-order valence-corrected chi connectivity index (χ2v) is 10.0. The Hall–Kier alpha value is -0.640. The van der Waals surface area contributed by atoms with E-state index in [0.717, 1.165) is 12.8 Å². The number of carbonyl (C=O) groups excluding carboxylic acids is 1. The summed E-state index contributed by atoms with van der Waals surface area (Å²) in [6, 6.07) is 0. The van der Waals surface area contributed by atoms with E-state index in [2.05, 4.69) is 24.4 Å². The van der Waals surface area contributed by atoms with Gasteiger partial charge < -0.3 is 14.4 Å². The lowest BCUT2D eigenvalue weighted by molar-refractivity contribution is -0.121. The maximum absolute atomic E-state index is 12.3. The quantitative estimate of drug-likeness (QED) is 0.107. The molecular weight excluding hydrogens is 397 g/mol. The van der Waals surface area contributed by atoms with Crippen molar-refractivity contribution in [2.24, 2.45) is 0 Å². The first-order chi connectivity index (χ1) is 14.6. The van der Waals surface area contributed by atoms with E-state index < -0.39 is 7.60 Å². The largest absolute Gasteiger partial charge is 0.355 e. The van der Waals surface area contributed by atoms with Gasteiger partial charge in [-0.2, -0.15) is 0 Å². The number of allylic oxidation sites excluding steroid dienone is 2. The van der Waals surface area contributed by atoms with Crippen LogP contribution in [0.25, 0.3) is 0 Å². The fraction of sp³-hybridized carbons (Fsp3) is 0.875. The monoisotopic (exact) mass is 445 g/mol. The molecule has 0 rings (SSSR count). The van der Waals surface area contributed by atoms with Crippen molar-refractivity contribution in [3.63, 3.8) is 0 Å². The van der Waals surface area contributed by atoms with Crippen molar-refractivity contribution in [3.05, 3.63) is 12.2 Å². The Bertz CT molecular complexity index is 458. The van der Waals surface area contributed by atoms with Crippen molar-refractivity contribution < 1.29 is 18.4 Å². The van der Waals surface area contributed by atoms with E-state index in [0.29, 0.717) is 26.2 Å². The zero-order valence-electron chi connectivity index (χ0n) is 20.0. The number of nitrogens with one attached hydrogen (secondary N) is 1. The average molecular weight is 446 g/mol. The number of hydrogen-bond acceptors (Lipinski definition) is 4. The zero-order valence-corrected chi connectivity index (χ0v) is 20.9. The van der Waals surface area contributed by atoms with Gasteiger partial charge in [-0.25, -0.2) is 0 Å². The molecule has 0 fully saturated rings. The first-order valence-corrected chi connectivity index (χ1v) is 14.1. The maximum Gasteiger partial charge on any atom is 0.332 e. The minimum absolute atomic E-state index is 0.0205. The van der Waals surface area contributed by atoms with E-state index in [1.807, 2.05) is 0 Å². The Labute approximate surface area is 186 Å². The van der Waals surface area contributed by atoms with Crippen LogP contribution in [-0.4, -0.2) is 31.8 Å². The molecule has 6 heteroatoms. The van der Waals surface area contributed by atoms with Crippen LogP contribution in [-0.2, 0) is 18.4 Å². The van der Waals surface area contributed by atoms with Crippen molar-refractivity contribution in [3.8, 4) is 0 Å². The summed E-state index contributed by atoms with van der Waals surface area (Å²) in [6.45, 7) is 6.87. The van der Waals surface area contributed by atoms with Gasteiger partial charge in [0.15, 0.2) is 0 Å². The number of hydrogen-bond donors (Lipinski definition) is 1. The van der Waals surface area contributed by atoms with Crippen LogP contribution in [0.3, 0.4) is 0 Å². The molecule has 0 radical (unpaired) electrons. The predicted molar refractivity (Wildman–Crippen MR) is 128 cm³/mol. The standard InChI is InChI=1S/C24H48NO4P/c1-4-7-8-9-10-11-12-13-14-15-16-17-18-19-20-21-24(26)25-22-23-30(27,28-5-2)29-6-3/h13-14H,4-12,15-23H2,1-3H3,(H,25,26). The SMILES string of the molecule is CCCCCCCCC=CCCCCCCCC(=O)NCCP(=O)(OCC)OCC. The Kier molecular flexibility index (Phi) is 21.1. The Morgan fingerprint density at radius 1 is 0.767 bits per heavy atom. The topological polar surface area (TPSA) is 64.6 Å². The van der Waals surface area contributed by atoms with Crippen molar-refractivity contribution in [2.45, 2.75) is 111 Å². The Morgan fingerprint density at radius 2 is 1.27 bits per heavy atom. The average Bonchev–Trinajstić information content (AvgIpc) is 2.71. The molecule has 1 N–H and O–H groups in total. The fourth-order valence-corrected chi connectivity index (χ4v) is 4.84. The molecule has 0 saturated heterocycles. The molecule has 0 aromatic carbocycles. The van der Waals surface area contributed by atoms with Gasteiger partial charge in [0, 0.05) is 13.0 Å². The third-order valence-electron chi connectivity index (χ3n) is 5.03. The summed E-state index contributed by atoms with van der Waals surface area (Å²) >= 11 is 0. The molecule has 0 aliphatic carbocycles. The number of amides is 1. The molecule has 0 atom stereocenters. The highest BCUT2D eigenvalue weighted by molar-refractivity contribution is 7.53. The van der Waals surface area contributed by atoms with Gasteiger partial charge in [0.25, 0.3) is 0 Å². The summed E-state index contributed by atoms with van der Waals surface area (Å²) < 4.78 is 22.7. The van der Waals surface area contributed by atoms with Crippen molar-refractivity contribution in [1.82, 2.24) is 5.32 Å². The molecule has 5 nitrogen and oxygen atoms in total. The Balaban J connectivity index is 3.48. The lowest BCUT2D eigenvalue weighted by atomic mass is 10.1. The highest BCUT2D eigenvalue weighted by Gasteiger charge is 2.22. The van der Waals surface area contributed by atoms with Crippen LogP contribution in [0, 0.1) is 0 Å². The maximum atomic E-state index is 12.3. The summed E-state index contributed by atoms with van der Waals surface area (Å²) in [5.41, 5.74) is 0. The fourth-order valence-electron chi connectivity index (χ4n) is 3.34. The molecule has 0 spiro atoms. The van der Waals surface area contributed by atoms with Gasteiger partial charge in [-0.05, 0) is 46.0 Å². The number of rotatable bonds is 22. The molecule has 0 aromatic rings. The van der Waals surface area contributed by atoms with Crippen LogP contribution in [0.2, 0.25) is 0 Å². The van der Waals surface area contributed by atoms with E-state index in [-0.39, 0.29) is 12.1 Å². The van der Waals surface area contributed by atoms with Gasteiger partial charge in [0.2, 0.25) is 5.91 Å². The van der Waals surface area contributed by atoms with Crippen molar-refractivity contribution >= 4 is 13.5 Å². The normalized spacial score (nSPS) is 12.0. The molecule has 1 amide bonds. The van der Waals surface area contributed by atoms with E-state index in [4.69, 9.17) is 9.05 Å². The molecule has 178 valence electrons. The smallest absolute Gasteiger partial charge is 0.332 e. The molecule has 30 heavy (non-hydrogen) atoms. The van der Waals surface area contributed by atoms with Crippen LogP contribution < -0.4 is 5.32 Å². The third-order valence-corrected chi connectivity index (χ3v) is 7.10. The summed E-state index contributed by atoms with van der Waals surface area (Å²) in [7, 11) is -3.06. The van der Waals surface area contributed by atoms with Crippen LogP contribution in [0.5, 0.6) is 0 Å². The number of carbonyl (C=O) groups is 1. The summed E-state index contributed by atoms with van der Waals surface area (Å²) in [4.78, 5) is 11.9. The van der Waals surface area contributed by atoms with E-state index in [1.165, 1.54) is 70.6 Å². The highest BCUT2D eigenvalue weighted by atomic mass is 31.2. The van der Waals surface area contributed by atoms with Gasteiger partial charge in [-0.1, -0.05) is 70.4 Å². The second kappa shape index (κ2) is 21.6. The van der Waals surface area contributed by atoms with Gasteiger partial charge in [-0.3, -0.25) is 9.36 Å². The van der Waals surface area contributed by atoms with Gasteiger partial charge in [0.05, 0.1) is 19.4 Å². The minimum Gasteiger partial charge on any atom is -0.355 e. The van der Waals surface area contributed by atoms with Gasteiger partial charge >= 0.3 is 7.60 Å². The van der Waals surface area contributed by atoms with Gasteiger partial charge in [0.1, 0.15) is 0 Å². The van der Waals surface area contributed by atoms with Crippen molar-refractivity contribution in [2.75, 3.05) is 25.9 Å². The van der Waals surface area contributed by atoms with E-state index in [9.17, 15) is 9.36 Å². The van der Waals surface area contributed by atoms with Crippen LogP contribution in [0.4, 0.5) is 0 Å². The molecule has 0 saturated carbocycles. The first kappa shape index (κ1) is 29.4. The molecule has 0 heterocycles. The second-order valence-electron chi connectivity index (χ2n) is 7.85. The van der Waals surface area contributed by atoms with Crippen LogP contribution in [0.1, 0.15) is 111 Å². The number of unbranched alkanes of at least 4 members (excludes halogenated alkanes) is 11. The Morgan fingerprint density at radius 3 is 1.80 bits per heavy atom. The lowest BCUT2D eigenvalue weighted by Crippen LogP contribution is -2.26. The minimum atomic E-state index is -3.06. The summed E-state index contributed by atoms with van der Waals surface area (Å²) in [5.74, 6) is 0.0205. The zero-order chi connectivity index (χ0) is 22.3. The third kappa shape index (κ3) is 19.3. The molecule has 0 aliphatic heterocycles.